The molecule has 176 valence electrons. The van der Waals surface area contributed by atoms with Gasteiger partial charge in [-0.15, -0.1) is 0 Å². The average Bonchev–Trinajstić information content (AvgIpc) is 2.79. The number of piperidine rings is 1. The van der Waals surface area contributed by atoms with E-state index in [-0.39, 0.29) is 6.10 Å². The van der Waals surface area contributed by atoms with Gasteiger partial charge in [0.1, 0.15) is 11.8 Å². The van der Waals surface area contributed by atoms with Crippen molar-refractivity contribution < 1.29 is 4.74 Å². The van der Waals surface area contributed by atoms with Crippen LogP contribution < -0.4 is 9.64 Å². The Kier molecular flexibility index (Phi) is 8.92. The van der Waals surface area contributed by atoms with Gasteiger partial charge in [0.25, 0.3) is 0 Å². The molecule has 1 aliphatic heterocycles. The first-order valence-electron chi connectivity index (χ1n) is 12.6. The normalized spacial score (nSPS) is 15.2. The van der Waals surface area contributed by atoms with E-state index in [4.69, 9.17) is 14.7 Å². The zero-order valence-electron chi connectivity index (χ0n) is 21.1. The van der Waals surface area contributed by atoms with Crippen LogP contribution in [-0.4, -0.2) is 54.2 Å². The van der Waals surface area contributed by atoms with Crippen LogP contribution in [-0.2, 0) is 12.8 Å². The number of hydrogen-bond acceptors (Lipinski definition) is 5. The summed E-state index contributed by atoms with van der Waals surface area (Å²) in [4.78, 5) is 15.0. The third-order valence-corrected chi connectivity index (χ3v) is 6.50. The smallest absolute Gasteiger partial charge is 0.241 e. The molecule has 1 aromatic heterocycles. The highest BCUT2D eigenvalue weighted by atomic mass is 16.5. The van der Waals surface area contributed by atoms with Crippen molar-refractivity contribution in [3.63, 3.8) is 0 Å². The van der Waals surface area contributed by atoms with Gasteiger partial charge in [0.05, 0.1) is 5.69 Å². The number of benzene rings is 1. The van der Waals surface area contributed by atoms with Crippen molar-refractivity contribution in [3.8, 4) is 17.3 Å². The summed E-state index contributed by atoms with van der Waals surface area (Å²) in [7, 11) is 2.19. The Hall–Kier alpha value is -2.14. The van der Waals surface area contributed by atoms with Crippen LogP contribution in [0.15, 0.2) is 18.2 Å². The van der Waals surface area contributed by atoms with E-state index in [2.05, 4.69) is 69.7 Å². The number of likely N-dealkylation sites (tertiary alicyclic amines) is 1. The monoisotopic (exact) mass is 438 g/mol. The zero-order chi connectivity index (χ0) is 23.1. The van der Waals surface area contributed by atoms with Crippen LogP contribution in [0.5, 0.6) is 5.88 Å². The molecule has 0 amide bonds. The third-order valence-electron chi connectivity index (χ3n) is 6.50. The van der Waals surface area contributed by atoms with E-state index in [9.17, 15) is 0 Å². The van der Waals surface area contributed by atoms with E-state index >= 15 is 0 Å². The minimum Gasteiger partial charge on any atom is -0.473 e. The molecule has 0 aliphatic carbocycles. The predicted molar refractivity (Wildman–Crippen MR) is 135 cm³/mol. The van der Waals surface area contributed by atoms with Crippen LogP contribution in [0.25, 0.3) is 11.4 Å². The molecule has 32 heavy (non-hydrogen) atoms. The Morgan fingerprint density at radius 1 is 0.969 bits per heavy atom. The number of nitrogens with zero attached hydrogens (tertiary/aromatic N) is 4. The summed E-state index contributed by atoms with van der Waals surface area (Å²) in [6, 6.07) is 6.57. The molecule has 0 spiro atoms. The second kappa shape index (κ2) is 11.6. The van der Waals surface area contributed by atoms with Crippen molar-refractivity contribution >= 4 is 5.69 Å². The van der Waals surface area contributed by atoms with Crippen LogP contribution in [0.2, 0.25) is 0 Å². The largest absolute Gasteiger partial charge is 0.473 e. The first-order valence-corrected chi connectivity index (χ1v) is 12.6. The van der Waals surface area contributed by atoms with Crippen LogP contribution in [0.1, 0.15) is 70.2 Å². The van der Waals surface area contributed by atoms with Gasteiger partial charge < -0.3 is 14.5 Å². The molecule has 2 aromatic rings. The molecule has 1 aliphatic rings. The first-order chi connectivity index (χ1) is 15.5. The van der Waals surface area contributed by atoms with Crippen LogP contribution in [0, 0.1) is 6.92 Å². The van der Waals surface area contributed by atoms with Crippen molar-refractivity contribution in [1.82, 2.24) is 14.9 Å². The highest BCUT2D eigenvalue weighted by molar-refractivity contribution is 5.69. The molecule has 0 saturated carbocycles. The summed E-state index contributed by atoms with van der Waals surface area (Å²) >= 11 is 0. The van der Waals surface area contributed by atoms with Gasteiger partial charge in [0.2, 0.25) is 5.88 Å². The second-order valence-electron chi connectivity index (χ2n) is 9.05. The summed E-state index contributed by atoms with van der Waals surface area (Å²) < 4.78 is 6.68. The van der Waals surface area contributed by atoms with Gasteiger partial charge in [0, 0.05) is 31.7 Å². The van der Waals surface area contributed by atoms with Gasteiger partial charge in [-0.05, 0) is 63.6 Å². The maximum Gasteiger partial charge on any atom is 0.241 e. The van der Waals surface area contributed by atoms with Crippen molar-refractivity contribution in [1.29, 1.82) is 0 Å². The predicted octanol–water partition coefficient (Wildman–Crippen LogP) is 5.68. The van der Waals surface area contributed by atoms with E-state index in [1.54, 1.807) is 0 Å². The number of aromatic nitrogens is 2. The summed E-state index contributed by atoms with van der Waals surface area (Å²) in [6.07, 6.45) is 6.42. The third kappa shape index (κ3) is 5.61. The molecule has 0 unspecified atom stereocenters. The van der Waals surface area contributed by atoms with Crippen molar-refractivity contribution in [2.75, 3.05) is 38.1 Å². The van der Waals surface area contributed by atoms with Gasteiger partial charge in [-0.1, -0.05) is 45.9 Å². The maximum absolute atomic E-state index is 6.68. The number of rotatable bonds is 10. The maximum atomic E-state index is 6.68. The first kappa shape index (κ1) is 24.5. The molecule has 5 heteroatoms. The van der Waals surface area contributed by atoms with Gasteiger partial charge in [-0.3, -0.25) is 0 Å². The minimum atomic E-state index is 0.212. The summed E-state index contributed by atoms with van der Waals surface area (Å²) in [5, 5.41) is 0. The molecule has 2 heterocycles. The fourth-order valence-electron chi connectivity index (χ4n) is 4.76. The second-order valence-corrected chi connectivity index (χ2v) is 9.05. The number of ether oxygens (including phenoxy) is 1. The fourth-order valence-corrected chi connectivity index (χ4v) is 4.76. The molecule has 5 nitrogen and oxygen atoms in total. The molecule has 0 N–H and O–H groups in total. The molecule has 0 radical (unpaired) electrons. The number of aryl methyl sites for hydroxylation is 3. The molecule has 1 aromatic carbocycles. The Bertz CT molecular complexity index is 846. The van der Waals surface area contributed by atoms with Crippen LogP contribution in [0.3, 0.4) is 0 Å². The minimum absolute atomic E-state index is 0.212. The van der Waals surface area contributed by atoms with Crippen molar-refractivity contribution in [3.05, 3.63) is 35.0 Å². The van der Waals surface area contributed by atoms with E-state index in [1.807, 2.05) is 0 Å². The summed E-state index contributed by atoms with van der Waals surface area (Å²) in [5.41, 5.74) is 5.91. The van der Waals surface area contributed by atoms with Gasteiger partial charge in [0.15, 0.2) is 5.82 Å². The fraction of sp³-hybridized carbons (Fsp3) is 0.630. The van der Waals surface area contributed by atoms with Gasteiger partial charge >= 0.3 is 0 Å². The molecular weight excluding hydrogens is 396 g/mol. The van der Waals surface area contributed by atoms with E-state index < -0.39 is 0 Å². The molecule has 0 atom stereocenters. The Morgan fingerprint density at radius 2 is 1.56 bits per heavy atom. The quantitative estimate of drug-likeness (QED) is 0.478. The summed E-state index contributed by atoms with van der Waals surface area (Å²) in [6.45, 7) is 15.1. The number of anilines is 1. The van der Waals surface area contributed by atoms with E-state index in [0.717, 1.165) is 87.8 Å². The van der Waals surface area contributed by atoms with E-state index in [1.165, 1.54) is 16.7 Å². The lowest BCUT2D eigenvalue weighted by Crippen LogP contribution is -2.36. The number of hydrogen-bond donors (Lipinski definition) is 0. The Morgan fingerprint density at radius 3 is 2.09 bits per heavy atom. The highest BCUT2D eigenvalue weighted by Gasteiger charge is 2.25. The van der Waals surface area contributed by atoms with E-state index in [0.29, 0.717) is 0 Å². The van der Waals surface area contributed by atoms with Crippen molar-refractivity contribution in [2.24, 2.45) is 0 Å². The highest BCUT2D eigenvalue weighted by Crippen LogP contribution is 2.36. The van der Waals surface area contributed by atoms with Crippen molar-refractivity contribution in [2.45, 2.75) is 79.2 Å². The standard InChI is InChI=1S/C27H42N4O/c1-7-16-31(17-8-2)25-20(5)28-26(24-21(9-3)12-11-13-22(24)10-4)29-27(25)32-23-14-18-30(6)19-15-23/h11-13,23H,7-10,14-19H2,1-6H3. The average molecular weight is 439 g/mol. The van der Waals surface area contributed by atoms with Crippen LogP contribution >= 0.6 is 0 Å². The topological polar surface area (TPSA) is 41.5 Å². The molecule has 1 saturated heterocycles. The zero-order valence-corrected chi connectivity index (χ0v) is 21.1. The van der Waals surface area contributed by atoms with Gasteiger partial charge in [-0.2, -0.15) is 4.98 Å². The Balaban J connectivity index is 2.11. The molecule has 1 fully saturated rings. The molecule has 3 rings (SSSR count). The lowest BCUT2D eigenvalue weighted by molar-refractivity contribution is 0.110. The van der Waals surface area contributed by atoms with Crippen LogP contribution in [0.4, 0.5) is 5.69 Å². The Labute approximate surface area is 195 Å². The van der Waals surface area contributed by atoms with Gasteiger partial charge in [-0.25, -0.2) is 4.98 Å². The SMILES string of the molecule is CCCN(CCC)c1c(C)nc(-c2c(CC)cccc2CC)nc1OC1CCN(C)CC1. The lowest BCUT2D eigenvalue weighted by Gasteiger charge is -2.32. The summed E-state index contributed by atoms with van der Waals surface area (Å²) in [5.74, 6) is 1.59. The molecular formula is C27H42N4O. The molecule has 0 bridgehead atoms. The lowest BCUT2D eigenvalue weighted by atomic mass is 9.97.